The Hall–Kier alpha value is -2.60. The van der Waals surface area contributed by atoms with Gasteiger partial charge in [-0.3, -0.25) is 10.1 Å². The molecule has 1 atom stereocenters. The van der Waals surface area contributed by atoms with Crippen LogP contribution in [-0.2, 0) is 4.79 Å². The van der Waals surface area contributed by atoms with Gasteiger partial charge >= 0.3 is 0 Å². The van der Waals surface area contributed by atoms with Crippen LogP contribution < -0.4 is 14.8 Å². The van der Waals surface area contributed by atoms with Crippen LogP contribution in [0.1, 0.15) is 38.7 Å². The molecule has 0 fully saturated rings. The number of fused-ring (bicyclic) bond motifs is 1. The number of hydrogen-bond acceptors (Lipinski definition) is 5. The van der Waals surface area contributed by atoms with Gasteiger partial charge in [-0.05, 0) is 49.1 Å². The molecular weight excluding hydrogens is 360 g/mol. The van der Waals surface area contributed by atoms with Crippen molar-refractivity contribution in [2.24, 2.45) is 0 Å². The number of benzene rings is 2. The molecular formula is C21H24N2O3S. The first kappa shape index (κ1) is 19.2. The zero-order valence-corrected chi connectivity index (χ0v) is 16.6. The van der Waals surface area contributed by atoms with E-state index in [4.69, 9.17) is 9.47 Å². The number of nitrogens with one attached hydrogen (secondary N) is 1. The first-order valence-corrected chi connectivity index (χ1v) is 9.97. The van der Waals surface area contributed by atoms with Crippen molar-refractivity contribution in [2.75, 3.05) is 18.5 Å². The molecule has 1 N–H and O–H groups in total. The molecule has 1 unspecified atom stereocenters. The molecule has 5 nitrogen and oxygen atoms in total. The van der Waals surface area contributed by atoms with Crippen LogP contribution in [0.3, 0.4) is 0 Å². The largest absolute Gasteiger partial charge is 0.490 e. The Balaban J connectivity index is 1.64. The molecule has 0 spiro atoms. The highest BCUT2D eigenvalue weighted by Crippen LogP contribution is 2.30. The second-order valence-corrected chi connectivity index (χ2v) is 7.30. The van der Waals surface area contributed by atoms with E-state index in [2.05, 4.69) is 36.3 Å². The van der Waals surface area contributed by atoms with Gasteiger partial charge in [-0.25, -0.2) is 4.98 Å². The first-order valence-electron chi connectivity index (χ1n) is 9.15. The summed E-state index contributed by atoms with van der Waals surface area (Å²) in [5, 5.41) is 3.40. The SMILES string of the molecule is CCOc1ccccc1OCC(=O)Nc1nc2ccc(C(C)CC)cc2s1. The summed E-state index contributed by atoms with van der Waals surface area (Å²) in [5.74, 6) is 1.44. The molecule has 6 heteroatoms. The summed E-state index contributed by atoms with van der Waals surface area (Å²) in [6.45, 7) is 6.73. The number of para-hydroxylation sites is 2. The number of nitrogens with zero attached hydrogens (tertiary/aromatic N) is 1. The van der Waals surface area contributed by atoms with E-state index in [-0.39, 0.29) is 12.5 Å². The zero-order chi connectivity index (χ0) is 19.2. The van der Waals surface area contributed by atoms with Crippen molar-refractivity contribution in [1.29, 1.82) is 0 Å². The van der Waals surface area contributed by atoms with Crippen LogP contribution in [0.5, 0.6) is 11.5 Å². The average molecular weight is 385 g/mol. The minimum atomic E-state index is -0.248. The number of anilines is 1. The summed E-state index contributed by atoms with van der Waals surface area (Å²) in [7, 11) is 0. The van der Waals surface area contributed by atoms with Crippen LogP contribution in [0, 0.1) is 0 Å². The maximum absolute atomic E-state index is 12.2. The highest BCUT2D eigenvalue weighted by Gasteiger charge is 2.12. The van der Waals surface area contributed by atoms with Gasteiger partial charge in [0.1, 0.15) is 0 Å². The van der Waals surface area contributed by atoms with E-state index in [0.29, 0.717) is 29.2 Å². The third-order valence-corrected chi connectivity index (χ3v) is 5.28. The molecule has 27 heavy (non-hydrogen) atoms. The van der Waals surface area contributed by atoms with E-state index in [0.717, 1.165) is 16.6 Å². The minimum Gasteiger partial charge on any atom is -0.490 e. The number of rotatable bonds is 8. The fourth-order valence-corrected chi connectivity index (χ4v) is 3.61. The third kappa shape index (κ3) is 4.77. The van der Waals surface area contributed by atoms with Gasteiger partial charge in [0.15, 0.2) is 23.2 Å². The van der Waals surface area contributed by atoms with Crippen molar-refractivity contribution in [3.8, 4) is 11.5 Å². The lowest BCUT2D eigenvalue weighted by atomic mass is 9.99. The topological polar surface area (TPSA) is 60.5 Å². The summed E-state index contributed by atoms with van der Waals surface area (Å²) >= 11 is 1.48. The average Bonchev–Trinajstić information content (AvgIpc) is 3.08. The van der Waals surface area contributed by atoms with E-state index < -0.39 is 0 Å². The molecule has 0 aliphatic heterocycles. The Bertz CT molecular complexity index is 923. The molecule has 0 saturated carbocycles. The lowest BCUT2D eigenvalue weighted by molar-refractivity contribution is -0.118. The number of hydrogen-bond donors (Lipinski definition) is 1. The van der Waals surface area contributed by atoms with Gasteiger partial charge in [0, 0.05) is 0 Å². The van der Waals surface area contributed by atoms with Gasteiger partial charge in [0.2, 0.25) is 0 Å². The Labute approximate surface area is 163 Å². The predicted molar refractivity (Wildman–Crippen MR) is 110 cm³/mol. The maximum atomic E-state index is 12.2. The van der Waals surface area contributed by atoms with E-state index in [1.807, 2.05) is 31.2 Å². The summed E-state index contributed by atoms with van der Waals surface area (Å²) in [5.41, 5.74) is 2.19. The van der Waals surface area contributed by atoms with Crippen LogP contribution in [0.2, 0.25) is 0 Å². The lowest BCUT2D eigenvalue weighted by Gasteiger charge is -2.10. The van der Waals surface area contributed by atoms with Gasteiger partial charge < -0.3 is 9.47 Å². The molecule has 0 aliphatic carbocycles. The molecule has 1 amide bonds. The van der Waals surface area contributed by atoms with Crippen molar-refractivity contribution in [3.05, 3.63) is 48.0 Å². The molecule has 142 valence electrons. The third-order valence-electron chi connectivity index (χ3n) is 4.35. The molecule has 0 saturated heterocycles. The molecule has 3 rings (SSSR count). The Kier molecular flexibility index (Phi) is 6.29. The number of ether oxygens (including phenoxy) is 2. The van der Waals surface area contributed by atoms with E-state index in [1.165, 1.54) is 16.9 Å². The summed E-state index contributed by atoms with van der Waals surface area (Å²) in [6.07, 6.45) is 1.09. The van der Waals surface area contributed by atoms with Crippen LogP contribution in [-0.4, -0.2) is 24.1 Å². The fourth-order valence-electron chi connectivity index (χ4n) is 2.68. The van der Waals surface area contributed by atoms with E-state index >= 15 is 0 Å². The van der Waals surface area contributed by atoms with Crippen molar-refractivity contribution in [2.45, 2.75) is 33.1 Å². The summed E-state index contributed by atoms with van der Waals surface area (Å²) in [4.78, 5) is 16.7. The van der Waals surface area contributed by atoms with Gasteiger partial charge in [-0.1, -0.05) is 43.4 Å². The van der Waals surface area contributed by atoms with Crippen LogP contribution in [0.25, 0.3) is 10.2 Å². The highest BCUT2D eigenvalue weighted by atomic mass is 32.1. The fraction of sp³-hybridized carbons (Fsp3) is 0.333. The predicted octanol–water partition coefficient (Wildman–Crippen LogP) is 5.23. The quantitative estimate of drug-likeness (QED) is 0.578. The molecule has 0 bridgehead atoms. The number of carbonyl (C=O) groups is 1. The smallest absolute Gasteiger partial charge is 0.264 e. The van der Waals surface area contributed by atoms with Crippen LogP contribution in [0.4, 0.5) is 5.13 Å². The van der Waals surface area contributed by atoms with Crippen molar-refractivity contribution < 1.29 is 14.3 Å². The van der Waals surface area contributed by atoms with E-state index in [1.54, 1.807) is 6.07 Å². The highest BCUT2D eigenvalue weighted by molar-refractivity contribution is 7.22. The monoisotopic (exact) mass is 384 g/mol. The Morgan fingerprint density at radius 3 is 2.59 bits per heavy atom. The van der Waals surface area contributed by atoms with E-state index in [9.17, 15) is 4.79 Å². The van der Waals surface area contributed by atoms with Gasteiger partial charge in [-0.15, -0.1) is 0 Å². The van der Waals surface area contributed by atoms with Gasteiger partial charge in [-0.2, -0.15) is 0 Å². The van der Waals surface area contributed by atoms with Crippen LogP contribution >= 0.6 is 11.3 Å². The van der Waals surface area contributed by atoms with Crippen molar-refractivity contribution >= 4 is 32.6 Å². The summed E-state index contributed by atoms with van der Waals surface area (Å²) in [6, 6.07) is 13.6. The van der Waals surface area contributed by atoms with Crippen molar-refractivity contribution in [3.63, 3.8) is 0 Å². The molecule has 3 aromatic rings. The lowest BCUT2D eigenvalue weighted by Crippen LogP contribution is -2.20. The Morgan fingerprint density at radius 2 is 1.89 bits per heavy atom. The van der Waals surface area contributed by atoms with Gasteiger partial charge in [0.05, 0.1) is 16.8 Å². The maximum Gasteiger partial charge on any atom is 0.264 e. The zero-order valence-electron chi connectivity index (χ0n) is 15.8. The van der Waals surface area contributed by atoms with Gasteiger partial charge in [0.25, 0.3) is 5.91 Å². The number of thiazole rings is 1. The number of amides is 1. The molecule has 0 aliphatic rings. The number of aromatic nitrogens is 1. The molecule has 1 heterocycles. The normalized spacial score (nSPS) is 12.0. The standard InChI is InChI=1S/C21H24N2O3S/c1-4-14(3)15-10-11-16-19(12-15)27-21(22-16)23-20(24)13-26-18-9-7-6-8-17(18)25-5-2/h6-12,14H,4-5,13H2,1-3H3,(H,22,23,24). The second-order valence-electron chi connectivity index (χ2n) is 6.27. The molecule has 2 aromatic carbocycles. The van der Waals surface area contributed by atoms with Crippen molar-refractivity contribution in [1.82, 2.24) is 4.98 Å². The second kappa shape index (κ2) is 8.86. The Morgan fingerprint density at radius 1 is 1.15 bits per heavy atom. The molecule has 0 radical (unpaired) electrons. The number of carbonyl (C=O) groups excluding carboxylic acids is 1. The molecule has 1 aromatic heterocycles. The first-order chi connectivity index (χ1) is 13.1. The minimum absolute atomic E-state index is 0.0991. The van der Waals surface area contributed by atoms with Crippen LogP contribution in [0.15, 0.2) is 42.5 Å². The summed E-state index contributed by atoms with van der Waals surface area (Å²) < 4.78 is 12.2.